The monoisotopic (exact) mass is 601 g/mol. The van der Waals surface area contributed by atoms with Crippen molar-refractivity contribution in [1.82, 2.24) is 0 Å². The zero-order chi connectivity index (χ0) is 25.1. The quantitative estimate of drug-likeness (QED) is 0.441. The molecular weight excluding hydrogens is 563 g/mol. The number of hydrogen-bond donors (Lipinski definition) is 1. The third kappa shape index (κ3) is 5.39. The predicted octanol–water partition coefficient (Wildman–Crippen LogP) is 5.82. The largest absolute Gasteiger partial charge is 0.378 e. The van der Waals surface area contributed by atoms with E-state index in [1.165, 1.54) is 16.7 Å². The van der Waals surface area contributed by atoms with Gasteiger partial charge in [-0.25, -0.2) is 0 Å². The normalized spacial score (nSPS) is 30.6. The lowest BCUT2D eigenvalue weighted by molar-refractivity contribution is -0.115. The van der Waals surface area contributed by atoms with Gasteiger partial charge in [0.1, 0.15) is 5.60 Å². The Labute approximate surface area is 257 Å². The number of benzene rings is 1. The van der Waals surface area contributed by atoms with E-state index in [4.69, 9.17) is 4.74 Å². The molecule has 1 aromatic heterocycles. The summed E-state index contributed by atoms with van der Waals surface area (Å²) < 4.78 is 6.59. The molecule has 0 unspecified atom stereocenters. The molecule has 2 fully saturated rings. The first kappa shape index (κ1) is 31.9. The summed E-state index contributed by atoms with van der Waals surface area (Å²) in [6, 6.07) is 10.8. The number of nitrogens with zero attached hydrogens (tertiary/aromatic N) is 1. The van der Waals surface area contributed by atoms with Gasteiger partial charge in [-0.1, -0.05) is 30.9 Å². The first-order valence-electron chi connectivity index (χ1n) is 12.9. The van der Waals surface area contributed by atoms with Crippen molar-refractivity contribution in [2.75, 3.05) is 25.6 Å². The molecule has 4 nitrogen and oxygen atoms in total. The highest BCUT2D eigenvalue weighted by Crippen LogP contribution is 2.64. The summed E-state index contributed by atoms with van der Waals surface area (Å²) in [6.07, 6.45) is 5.46. The maximum absolute atomic E-state index is 12.2. The van der Waals surface area contributed by atoms with E-state index < -0.39 is 11.0 Å². The smallest absolute Gasteiger partial charge is 0.156 e. The number of carbonyl (C=O) groups excluding carboxylic acids is 1. The van der Waals surface area contributed by atoms with Crippen LogP contribution in [0.3, 0.4) is 0 Å². The van der Waals surface area contributed by atoms with Crippen LogP contribution in [0.2, 0.25) is 0 Å². The molecule has 0 bridgehead atoms. The topological polar surface area (TPSA) is 49.8 Å². The minimum atomic E-state index is -1.07. The van der Waals surface area contributed by atoms with Gasteiger partial charge in [0.2, 0.25) is 0 Å². The molecule has 0 saturated heterocycles. The maximum atomic E-state index is 12.2. The van der Waals surface area contributed by atoms with Crippen molar-refractivity contribution in [3.63, 3.8) is 0 Å². The molecule has 0 amide bonds. The van der Waals surface area contributed by atoms with Gasteiger partial charge >= 0.3 is 0 Å². The molecule has 8 heteroatoms. The van der Waals surface area contributed by atoms with Crippen molar-refractivity contribution in [3.8, 4) is 11.8 Å². The highest BCUT2D eigenvalue weighted by atomic mass is 32.1. The number of carbonyl (C=O) groups is 1. The fourth-order valence-corrected chi connectivity index (χ4v) is 7.62. The lowest BCUT2D eigenvalue weighted by Crippen LogP contribution is -2.53. The van der Waals surface area contributed by atoms with Crippen LogP contribution in [0.15, 0.2) is 63.9 Å². The van der Waals surface area contributed by atoms with E-state index in [2.05, 4.69) is 62.0 Å². The van der Waals surface area contributed by atoms with Crippen LogP contribution in [0, 0.1) is 23.2 Å². The molecule has 1 aromatic carbocycles. The van der Waals surface area contributed by atoms with Gasteiger partial charge in [-0.2, -0.15) is 51.8 Å². The highest BCUT2D eigenvalue weighted by molar-refractivity contribution is 7.59. The van der Waals surface area contributed by atoms with E-state index in [0.29, 0.717) is 19.4 Å². The first-order valence-corrected chi connectivity index (χ1v) is 13.9. The Morgan fingerprint density at radius 3 is 2.51 bits per heavy atom. The van der Waals surface area contributed by atoms with Gasteiger partial charge < -0.3 is 14.7 Å². The maximum Gasteiger partial charge on any atom is 0.156 e. The summed E-state index contributed by atoms with van der Waals surface area (Å²) in [5.74, 6) is 7.11. The minimum Gasteiger partial charge on any atom is -0.378 e. The van der Waals surface area contributed by atoms with E-state index in [1.807, 2.05) is 16.8 Å². The lowest BCUT2D eigenvalue weighted by atomic mass is 9.55. The van der Waals surface area contributed by atoms with Gasteiger partial charge in [0.25, 0.3) is 0 Å². The molecule has 3 aliphatic carbocycles. The average molecular weight is 602 g/mol. The Balaban J connectivity index is 0.00000140. The molecule has 0 radical (unpaired) electrons. The Morgan fingerprint density at radius 1 is 1.10 bits per heavy atom. The Kier molecular flexibility index (Phi) is 9.90. The lowest BCUT2D eigenvalue weighted by Gasteiger charge is -2.53. The molecule has 5 atom stereocenters. The minimum absolute atomic E-state index is 0. The second kappa shape index (κ2) is 12.1. The van der Waals surface area contributed by atoms with Crippen molar-refractivity contribution in [1.29, 1.82) is 0 Å². The molecule has 210 valence electrons. The van der Waals surface area contributed by atoms with Crippen molar-refractivity contribution in [3.05, 3.63) is 75.0 Å². The van der Waals surface area contributed by atoms with Crippen LogP contribution in [-0.4, -0.2) is 43.3 Å². The predicted molar refractivity (Wildman–Crippen MR) is 175 cm³/mol. The molecule has 4 aliphatic rings. The van der Waals surface area contributed by atoms with E-state index in [0.717, 1.165) is 36.1 Å². The van der Waals surface area contributed by atoms with Crippen molar-refractivity contribution in [2.45, 2.75) is 56.7 Å². The van der Waals surface area contributed by atoms with Crippen LogP contribution >= 0.6 is 51.8 Å². The number of ketones is 1. The molecule has 6 rings (SSSR count). The molecule has 2 heterocycles. The molecule has 1 aliphatic heterocycles. The van der Waals surface area contributed by atoms with Crippen LogP contribution in [0.25, 0.3) is 0 Å². The van der Waals surface area contributed by atoms with Crippen LogP contribution in [-0.2, 0) is 9.53 Å². The Morgan fingerprint density at radius 2 is 1.85 bits per heavy atom. The molecule has 39 heavy (non-hydrogen) atoms. The van der Waals surface area contributed by atoms with Gasteiger partial charge in [-0.15, -0.1) is 0 Å². The SMILES string of the molecule is CN(C)c1ccc([C@H]2C[C@@]3(C)[C@@H](CC[C@@]3(O)C#Cc3ccsc3)[C@@H]3OCC4=CC(=O)CCC4=C32)cc1.S.S.S. The highest BCUT2D eigenvalue weighted by Gasteiger charge is 2.63. The summed E-state index contributed by atoms with van der Waals surface area (Å²) >= 11 is 1.63. The molecule has 2 aromatic rings. The zero-order valence-electron chi connectivity index (χ0n) is 22.7. The number of aliphatic hydroxyl groups is 1. The first-order chi connectivity index (χ1) is 17.3. The second-order valence-electron chi connectivity index (χ2n) is 11.2. The van der Waals surface area contributed by atoms with Gasteiger partial charge in [-0.3, -0.25) is 4.79 Å². The van der Waals surface area contributed by atoms with Crippen LogP contribution in [0.4, 0.5) is 5.69 Å². The fraction of sp³-hybridized carbons (Fsp3) is 0.452. The zero-order valence-corrected chi connectivity index (χ0v) is 26.5. The summed E-state index contributed by atoms with van der Waals surface area (Å²) in [6.45, 7) is 2.71. The van der Waals surface area contributed by atoms with E-state index in [-0.39, 0.29) is 64.2 Å². The summed E-state index contributed by atoms with van der Waals surface area (Å²) in [5.41, 5.74) is 5.63. The number of fused-ring (bicyclic) bond motifs is 4. The molecule has 2 saturated carbocycles. The van der Waals surface area contributed by atoms with Crippen molar-refractivity contribution < 1.29 is 14.6 Å². The number of hydrogen-bond acceptors (Lipinski definition) is 5. The Bertz CT molecular complexity index is 1320. The number of thiophene rings is 1. The summed E-state index contributed by atoms with van der Waals surface area (Å²) in [7, 11) is 4.11. The van der Waals surface area contributed by atoms with Crippen molar-refractivity contribution >= 4 is 63.3 Å². The van der Waals surface area contributed by atoms with Crippen LogP contribution in [0.5, 0.6) is 0 Å². The standard InChI is InChI=1S/C31H33NO3S.3H2S/c1-30-17-26(21-4-6-23(7-5-21)32(2)3)28-25-9-8-24(33)16-22(25)18-35-29(28)27(30)11-14-31(30,34)13-10-20-12-15-36-19-20;;;/h4-7,12,15-16,19,26-27,29,34H,8-9,11,14,17-18H2,1-3H3;3*1H2/t26-,27+,29+,30+,31+;;;/m1.../s1. The number of anilines is 1. The average Bonchev–Trinajstić information content (AvgIpc) is 3.48. The second-order valence-corrected chi connectivity index (χ2v) is 12.0. The molecule has 1 N–H and O–H groups in total. The van der Waals surface area contributed by atoms with Crippen LogP contribution in [0.1, 0.15) is 56.1 Å². The molecule has 0 spiro atoms. The van der Waals surface area contributed by atoms with Gasteiger partial charge in [-0.05, 0) is 83.5 Å². The van der Waals surface area contributed by atoms with Gasteiger partial charge in [0.15, 0.2) is 5.78 Å². The third-order valence-corrected chi connectivity index (χ3v) is 9.80. The summed E-state index contributed by atoms with van der Waals surface area (Å²) in [5, 5.41) is 16.1. The number of allylic oxidation sites excluding steroid dienone is 1. The van der Waals surface area contributed by atoms with Gasteiger partial charge in [0, 0.05) is 48.5 Å². The summed E-state index contributed by atoms with van der Waals surface area (Å²) in [4.78, 5) is 14.3. The van der Waals surface area contributed by atoms with Gasteiger partial charge in [0.05, 0.1) is 12.7 Å². The fourth-order valence-electron chi connectivity index (χ4n) is 7.04. The van der Waals surface area contributed by atoms with E-state index >= 15 is 0 Å². The third-order valence-electron chi connectivity index (χ3n) is 9.11. The number of rotatable bonds is 2. The van der Waals surface area contributed by atoms with E-state index in [1.54, 1.807) is 17.4 Å². The van der Waals surface area contributed by atoms with Crippen LogP contribution < -0.4 is 4.90 Å². The van der Waals surface area contributed by atoms with Crippen molar-refractivity contribution in [2.24, 2.45) is 11.3 Å². The number of ether oxygens (including phenoxy) is 1. The Hall–Kier alpha value is -1.60. The molecular formula is C31H39NO3S4. The van der Waals surface area contributed by atoms with E-state index in [9.17, 15) is 9.90 Å².